The van der Waals surface area contributed by atoms with Gasteiger partial charge >= 0.3 is 0 Å². The Morgan fingerprint density at radius 3 is 2.18 bits per heavy atom. The Hall–Kier alpha value is -1.89. The van der Waals surface area contributed by atoms with Gasteiger partial charge in [-0.25, -0.2) is 8.78 Å². The summed E-state index contributed by atoms with van der Waals surface area (Å²) in [6.07, 6.45) is -0.814. The largest absolute Gasteiger partial charge is 0.478 e. The van der Waals surface area contributed by atoms with Gasteiger partial charge in [-0.15, -0.1) is 0 Å². The van der Waals surface area contributed by atoms with Gasteiger partial charge in [-0.3, -0.25) is 9.69 Å². The minimum atomic E-state index is -0.647. The van der Waals surface area contributed by atoms with E-state index in [2.05, 4.69) is 5.32 Å². The molecule has 2 aliphatic rings. The highest BCUT2D eigenvalue weighted by molar-refractivity contribution is 5.78. The summed E-state index contributed by atoms with van der Waals surface area (Å²) in [5.41, 5.74) is 0. The molecule has 3 rings (SSSR count). The Bertz CT molecular complexity index is 555. The lowest BCUT2D eigenvalue weighted by Crippen LogP contribution is -2.39. The first-order valence-electron chi connectivity index (χ1n) is 7.27. The number of rotatable bonds is 3. The summed E-state index contributed by atoms with van der Waals surface area (Å²) in [6, 6.07) is 2.10. The average Bonchev–Trinajstić information content (AvgIpc) is 2.81. The SMILES string of the molecule is CC(C)NC(=O)CN1C[C@@H]2Oc3c(F)ccc(F)c3O[C@@H]2C1. The molecule has 5 nitrogen and oxygen atoms in total. The molecule has 1 aromatic carbocycles. The molecule has 2 heterocycles. The predicted molar refractivity (Wildman–Crippen MR) is 74.9 cm³/mol. The standard InChI is InChI=1S/C15H18F2N2O3/c1-8(2)18-13(20)7-19-5-11-12(6-19)22-15-10(17)4-3-9(16)14(15)21-11/h3-4,8,11-12H,5-7H2,1-2H3,(H,18,20)/t11-,12+. The van der Waals surface area contributed by atoms with Crippen molar-refractivity contribution >= 4 is 5.91 Å². The van der Waals surface area contributed by atoms with Crippen molar-refractivity contribution in [3.8, 4) is 11.5 Å². The van der Waals surface area contributed by atoms with Crippen LogP contribution in [-0.2, 0) is 4.79 Å². The first-order valence-corrected chi connectivity index (χ1v) is 7.27. The molecule has 7 heteroatoms. The van der Waals surface area contributed by atoms with Crippen LogP contribution in [0, 0.1) is 11.6 Å². The van der Waals surface area contributed by atoms with Crippen LogP contribution in [0.5, 0.6) is 11.5 Å². The number of ether oxygens (including phenoxy) is 2. The van der Waals surface area contributed by atoms with E-state index in [1.807, 2.05) is 18.7 Å². The fourth-order valence-corrected chi connectivity index (χ4v) is 2.78. The van der Waals surface area contributed by atoms with Crippen LogP contribution in [0.1, 0.15) is 13.8 Å². The highest BCUT2D eigenvalue weighted by Crippen LogP contribution is 2.40. The van der Waals surface area contributed by atoms with Crippen molar-refractivity contribution in [3.63, 3.8) is 0 Å². The molecule has 0 spiro atoms. The summed E-state index contributed by atoms with van der Waals surface area (Å²) >= 11 is 0. The molecule has 0 saturated carbocycles. The molecule has 0 bridgehead atoms. The van der Waals surface area contributed by atoms with E-state index in [0.717, 1.165) is 12.1 Å². The van der Waals surface area contributed by atoms with Gasteiger partial charge in [-0.2, -0.15) is 0 Å². The lowest BCUT2D eigenvalue weighted by atomic mass is 10.2. The molecular formula is C15H18F2N2O3. The number of likely N-dealkylation sites (tertiary alicyclic amines) is 1. The molecular weight excluding hydrogens is 294 g/mol. The minimum absolute atomic E-state index is 0.0670. The summed E-state index contributed by atoms with van der Waals surface area (Å²) in [4.78, 5) is 13.6. The number of nitrogens with zero attached hydrogens (tertiary/aromatic N) is 1. The van der Waals surface area contributed by atoms with E-state index in [4.69, 9.17) is 9.47 Å². The third-order valence-corrected chi connectivity index (χ3v) is 3.66. The second-order valence-corrected chi connectivity index (χ2v) is 5.92. The van der Waals surface area contributed by atoms with Crippen LogP contribution in [0.4, 0.5) is 8.78 Å². The maximum Gasteiger partial charge on any atom is 0.234 e. The molecule has 0 aromatic heterocycles. The molecule has 0 radical (unpaired) electrons. The zero-order chi connectivity index (χ0) is 15.9. The quantitative estimate of drug-likeness (QED) is 0.914. The lowest BCUT2D eigenvalue weighted by Gasteiger charge is -2.28. The maximum absolute atomic E-state index is 13.7. The van der Waals surface area contributed by atoms with Gasteiger partial charge in [-0.1, -0.05) is 0 Å². The monoisotopic (exact) mass is 312 g/mol. The van der Waals surface area contributed by atoms with Crippen LogP contribution in [0.25, 0.3) is 0 Å². The highest BCUT2D eigenvalue weighted by atomic mass is 19.1. The van der Waals surface area contributed by atoms with E-state index in [1.165, 1.54) is 0 Å². The Balaban J connectivity index is 1.68. The number of amides is 1. The lowest BCUT2D eigenvalue weighted by molar-refractivity contribution is -0.122. The van der Waals surface area contributed by atoms with Crippen LogP contribution in [0.2, 0.25) is 0 Å². The molecule has 1 fully saturated rings. The van der Waals surface area contributed by atoms with Crippen molar-refractivity contribution in [1.29, 1.82) is 0 Å². The predicted octanol–water partition coefficient (Wildman–Crippen LogP) is 1.31. The van der Waals surface area contributed by atoms with Gasteiger partial charge in [0.05, 0.1) is 6.54 Å². The van der Waals surface area contributed by atoms with E-state index in [1.54, 1.807) is 0 Å². The van der Waals surface area contributed by atoms with Crippen LogP contribution in [-0.4, -0.2) is 48.7 Å². The zero-order valence-corrected chi connectivity index (χ0v) is 12.4. The number of hydrogen-bond acceptors (Lipinski definition) is 4. The highest BCUT2D eigenvalue weighted by Gasteiger charge is 2.42. The van der Waals surface area contributed by atoms with E-state index >= 15 is 0 Å². The van der Waals surface area contributed by atoms with Crippen LogP contribution in [0.3, 0.4) is 0 Å². The third kappa shape index (κ3) is 2.85. The number of halogens is 2. The first-order chi connectivity index (χ1) is 10.4. The molecule has 1 amide bonds. The van der Waals surface area contributed by atoms with Crippen LogP contribution >= 0.6 is 0 Å². The van der Waals surface area contributed by atoms with Crippen molar-refractivity contribution in [2.24, 2.45) is 0 Å². The number of carbonyl (C=O) groups is 1. The first kappa shape index (κ1) is 15.0. The number of carbonyl (C=O) groups excluding carboxylic acids is 1. The summed E-state index contributed by atoms with van der Waals surface area (Å²) in [7, 11) is 0. The van der Waals surface area contributed by atoms with Crippen molar-refractivity contribution in [2.45, 2.75) is 32.1 Å². The van der Waals surface area contributed by atoms with Crippen molar-refractivity contribution < 1.29 is 23.0 Å². The Labute approximate surface area is 127 Å². The summed E-state index contributed by atoms with van der Waals surface area (Å²) in [5, 5.41) is 2.80. The smallest absolute Gasteiger partial charge is 0.234 e. The third-order valence-electron chi connectivity index (χ3n) is 3.66. The Morgan fingerprint density at radius 2 is 1.73 bits per heavy atom. The summed E-state index contributed by atoms with van der Waals surface area (Å²) < 4.78 is 38.5. The van der Waals surface area contributed by atoms with Gasteiger partial charge in [-0.05, 0) is 26.0 Å². The fraction of sp³-hybridized carbons (Fsp3) is 0.533. The molecule has 0 aliphatic carbocycles. The van der Waals surface area contributed by atoms with Gasteiger partial charge < -0.3 is 14.8 Å². The van der Waals surface area contributed by atoms with E-state index in [0.29, 0.717) is 13.1 Å². The average molecular weight is 312 g/mol. The zero-order valence-electron chi connectivity index (χ0n) is 12.4. The molecule has 120 valence electrons. The van der Waals surface area contributed by atoms with Gasteiger partial charge in [0.15, 0.2) is 11.6 Å². The van der Waals surface area contributed by atoms with Crippen LogP contribution < -0.4 is 14.8 Å². The Morgan fingerprint density at radius 1 is 1.23 bits per heavy atom. The summed E-state index contributed by atoms with van der Waals surface area (Å²) in [6.45, 7) is 4.85. The molecule has 2 aliphatic heterocycles. The number of benzene rings is 1. The molecule has 1 N–H and O–H groups in total. The molecule has 22 heavy (non-hydrogen) atoms. The molecule has 1 saturated heterocycles. The molecule has 2 atom stereocenters. The minimum Gasteiger partial charge on any atom is -0.478 e. The molecule has 0 unspecified atom stereocenters. The Kier molecular flexibility index (Phi) is 3.90. The van der Waals surface area contributed by atoms with Gasteiger partial charge in [0, 0.05) is 19.1 Å². The van der Waals surface area contributed by atoms with Crippen molar-refractivity contribution in [1.82, 2.24) is 10.2 Å². The van der Waals surface area contributed by atoms with Crippen molar-refractivity contribution in [2.75, 3.05) is 19.6 Å². The summed E-state index contributed by atoms with van der Waals surface area (Å²) in [5.74, 6) is -1.76. The topological polar surface area (TPSA) is 50.8 Å². The van der Waals surface area contributed by atoms with Gasteiger partial charge in [0.25, 0.3) is 0 Å². The van der Waals surface area contributed by atoms with Crippen molar-refractivity contribution in [3.05, 3.63) is 23.8 Å². The number of nitrogens with one attached hydrogen (secondary N) is 1. The fourth-order valence-electron chi connectivity index (χ4n) is 2.78. The second-order valence-electron chi connectivity index (χ2n) is 5.92. The van der Waals surface area contributed by atoms with Gasteiger partial charge in [0.1, 0.15) is 12.2 Å². The number of hydrogen-bond donors (Lipinski definition) is 1. The normalized spacial score (nSPS) is 23.5. The van der Waals surface area contributed by atoms with E-state index < -0.39 is 23.8 Å². The van der Waals surface area contributed by atoms with E-state index in [-0.39, 0.29) is 30.0 Å². The van der Waals surface area contributed by atoms with E-state index in [9.17, 15) is 13.6 Å². The number of fused-ring (bicyclic) bond motifs is 2. The molecule has 1 aromatic rings. The maximum atomic E-state index is 13.7. The van der Waals surface area contributed by atoms with Gasteiger partial charge in [0.2, 0.25) is 17.4 Å². The second kappa shape index (κ2) is 5.72. The van der Waals surface area contributed by atoms with Crippen LogP contribution in [0.15, 0.2) is 12.1 Å².